The average Bonchev–Trinajstić information content (AvgIpc) is 2.91. The van der Waals surface area contributed by atoms with Gasteiger partial charge < -0.3 is 11.1 Å². The van der Waals surface area contributed by atoms with Crippen LogP contribution >= 0.6 is 22.9 Å². The highest BCUT2D eigenvalue weighted by Gasteiger charge is 2.20. The van der Waals surface area contributed by atoms with Crippen LogP contribution in [-0.2, 0) is 9.84 Å². The van der Waals surface area contributed by atoms with Crippen LogP contribution in [0.15, 0.2) is 45.3 Å². The fourth-order valence-corrected chi connectivity index (χ4v) is 4.14. The van der Waals surface area contributed by atoms with Crippen molar-refractivity contribution in [3.63, 3.8) is 0 Å². The summed E-state index contributed by atoms with van der Waals surface area (Å²) in [4.78, 5) is 5.25. The van der Waals surface area contributed by atoms with E-state index in [0.717, 1.165) is 23.4 Å². The van der Waals surface area contributed by atoms with E-state index in [-0.39, 0.29) is 5.29 Å². The van der Waals surface area contributed by atoms with Gasteiger partial charge in [0.05, 0.1) is 26.9 Å². The van der Waals surface area contributed by atoms with E-state index in [1.807, 2.05) is 30.5 Å². The zero-order valence-electron chi connectivity index (χ0n) is 12.8. The highest BCUT2D eigenvalue weighted by atomic mass is 35.5. The van der Waals surface area contributed by atoms with Gasteiger partial charge in [-0.25, -0.2) is 13.4 Å². The van der Waals surface area contributed by atoms with Crippen LogP contribution in [0.1, 0.15) is 24.6 Å². The third-order valence-electron chi connectivity index (χ3n) is 3.18. The molecule has 0 atom stereocenters. The van der Waals surface area contributed by atoms with E-state index in [9.17, 15) is 8.42 Å². The third kappa shape index (κ3) is 4.46. The van der Waals surface area contributed by atoms with E-state index in [0.29, 0.717) is 16.3 Å². The van der Waals surface area contributed by atoms with Crippen molar-refractivity contribution in [2.24, 2.45) is 10.7 Å². The molecule has 0 saturated carbocycles. The molecule has 0 radical (unpaired) electrons. The Hall–Kier alpha value is -1.57. The predicted molar refractivity (Wildman–Crippen MR) is 98.5 cm³/mol. The van der Waals surface area contributed by atoms with Gasteiger partial charge in [-0.3, -0.25) is 0 Å². The van der Waals surface area contributed by atoms with Gasteiger partial charge in [0.25, 0.3) is 0 Å². The van der Waals surface area contributed by atoms with Crippen molar-refractivity contribution in [3.8, 4) is 0 Å². The highest BCUT2D eigenvalue weighted by Crippen LogP contribution is 2.33. The van der Waals surface area contributed by atoms with Gasteiger partial charge in [-0.2, -0.15) is 0 Å². The second kappa shape index (κ2) is 7.33. The second-order valence-electron chi connectivity index (χ2n) is 4.93. The SMILES string of the molecule is C/C=C(/NC1=CCCC=C1S(C)(=O)=O)c1sccc1N=C(N)Cl. The van der Waals surface area contributed by atoms with Crippen molar-refractivity contribution in [1.82, 2.24) is 5.32 Å². The smallest absolute Gasteiger partial charge is 0.193 e. The Kier molecular flexibility index (Phi) is 5.67. The molecule has 1 aliphatic carbocycles. The molecule has 0 spiro atoms. The highest BCUT2D eigenvalue weighted by molar-refractivity contribution is 7.94. The molecule has 2 rings (SSSR count). The summed E-state index contributed by atoms with van der Waals surface area (Å²) >= 11 is 7.13. The fourth-order valence-electron chi connectivity index (χ4n) is 2.23. The molecular formula is C15H18ClN3O2S2. The van der Waals surface area contributed by atoms with Gasteiger partial charge in [-0.15, -0.1) is 11.3 Å². The molecule has 1 aliphatic rings. The topological polar surface area (TPSA) is 84.5 Å². The van der Waals surface area contributed by atoms with Gasteiger partial charge in [0.2, 0.25) is 0 Å². The molecule has 1 aromatic rings. The summed E-state index contributed by atoms with van der Waals surface area (Å²) < 4.78 is 23.9. The number of nitrogens with one attached hydrogen (secondary N) is 1. The van der Waals surface area contributed by atoms with Crippen LogP contribution in [-0.4, -0.2) is 20.0 Å². The van der Waals surface area contributed by atoms with Crippen molar-refractivity contribution in [2.75, 3.05) is 6.26 Å². The molecule has 1 heterocycles. The van der Waals surface area contributed by atoms with Crippen LogP contribution in [0.25, 0.3) is 5.70 Å². The summed E-state index contributed by atoms with van der Waals surface area (Å²) in [6.07, 6.45) is 8.23. The number of allylic oxidation sites excluding steroid dienone is 3. The number of nitrogens with zero attached hydrogens (tertiary/aromatic N) is 1. The average molecular weight is 372 g/mol. The summed E-state index contributed by atoms with van der Waals surface area (Å²) in [5, 5.41) is 5.04. The van der Waals surface area contributed by atoms with Crippen molar-refractivity contribution >= 4 is 49.5 Å². The van der Waals surface area contributed by atoms with Crippen LogP contribution < -0.4 is 11.1 Å². The first kappa shape index (κ1) is 17.8. The summed E-state index contributed by atoms with van der Waals surface area (Å²) in [5.41, 5.74) is 7.44. The Bertz CT molecular complexity index is 814. The van der Waals surface area contributed by atoms with Crippen molar-refractivity contribution in [1.29, 1.82) is 0 Å². The van der Waals surface area contributed by atoms with E-state index >= 15 is 0 Å². The minimum atomic E-state index is -3.29. The van der Waals surface area contributed by atoms with Crippen LogP contribution in [0.3, 0.4) is 0 Å². The van der Waals surface area contributed by atoms with Gasteiger partial charge in [0.1, 0.15) is 0 Å². The molecule has 0 unspecified atom stereocenters. The van der Waals surface area contributed by atoms with Gasteiger partial charge >= 0.3 is 0 Å². The fraction of sp³-hybridized carbons (Fsp3) is 0.267. The zero-order valence-corrected chi connectivity index (χ0v) is 15.2. The summed E-state index contributed by atoms with van der Waals surface area (Å²) in [5.74, 6) is 0. The van der Waals surface area contributed by atoms with E-state index < -0.39 is 9.84 Å². The van der Waals surface area contributed by atoms with Gasteiger partial charge in [0.15, 0.2) is 15.1 Å². The Balaban J connectivity index is 2.35. The zero-order chi connectivity index (χ0) is 17.0. The Morgan fingerprint density at radius 1 is 1.43 bits per heavy atom. The number of thiophene rings is 1. The lowest BCUT2D eigenvalue weighted by molar-refractivity contribution is 0.607. The molecule has 1 aromatic heterocycles. The summed E-state index contributed by atoms with van der Waals surface area (Å²) in [6, 6.07) is 1.81. The number of halogens is 1. The van der Waals surface area contributed by atoms with Crippen molar-refractivity contribution in [3.05, 3.63) is 45.2 Å². The second-order valence-corrected chi connectivity index (χ2v) is 8.22. The Morgan fingerprint density at radius 3 is 2.74 bits per heavy atom. The normalized spacial score (nSPS) is 16.8. The first-order valence-electron chi connectivity index (χ1n) is 6.94. The predicted octanol–water partition coefficient (Wildman–Crippen LogP) is 3.49. The molecule has 8 heteroatoms. The first-order chi connectivity index (χ1) is 10.8. The summed E-state index contributed by atoms with van der Waals surface area (Å²) in [7, 11) is -3.29. The monoisotopic (exact) mass is 371 g/mol. The minimum Gasteiger partial charge on any atom is -0.374 e. The van der Waals surface area contributed by atoms with Gasteiger partial charge in [-0.05, 0) is 42.8 Å². The van der Waals surface area contributed by atoms with Crippen LogP contribution in [0.4, 0.5) is 5.69 Å². The largest absolute Gasteiger partial charge is 0.374 e. The number of nitrogens with two attached hydrogens (primary N) is 1. The number of rotatable bonds is 5. The van der Waals surface area contributed by atoms with E-state index in [1.54, 1.807) is 6.08 Å². The van der Waals surface area contributed by atoms with E-state index in [1.165, 1.54) is 17.6 Å². The van der Waals surface area contributed by atoms with Gasteiger partial charge in [-0.1, -0.05) is 18.2 Å². The maximum atomic E-state index is 11.9. The number of amidine groups is 1. The van der Waals surface area contributed by atoms with Gasteiger partial charge in [0, 0.05) is 6.26 Å². The molecule has 0 fully saturated rings. The molecule has 0 saturated heterocycles. The number of aliphatic imine (C=N–C) groups is 1. The number of sulfone groups is 1. The van der Waals surface area contributed by atoms with Crippen molar-refractivity contribution in [2.45, 2.75) is 19.8 Å². The molecule has 0 aromatic carbocycles. The summed E-state index contributed by atoms with van der Waals surface area (Å²) in [6.45, 7) is 1.87. The Morgan fingerprint density at radius 2 is 2.13 bits per heavy atom. The molecule has 0 aliphatic heterocycles. The molecule has 5 nitrogen and oxygen atoms in total. The van der Waals surface area contributed by atoms with Crippen LogP contribution in [0.2, 0.25) is 0 Å². The lowest BCUT2D eigenvalue weighted by atomic mass is 10.1. The molecular weight excluding hydrogens is 354 g/mol. The van der Waals surface area contributed by atoms with Crippen LogP contribution in [0, 0.1) is 0 Å². The molecule has 124 valence electrons. The number of hydrogen-bond donors (Lipinski definition) is 2. The maximum absolute atomic E-state index is 11.9. The number of hydrogen-bond acceptors (Lipinski definition) is 5. The quantitative estimate of drug-likeness (QED) is 0.471. The van der Waals surface area contributed by atoms with Crippen LogP contribution in [0.5, 0.6) is 0 Å². The molecule has 0 amide bonds. The standard InChI is InChI=1S/C15H18ClN3O2S2/c1-3-10(14-12(8-9-22-14)19-15(16)17)18-11-6-4-5-7-13(11)23(2,20)21/h3,6-9,18H,4-5H2,1-2H3,(H2,17,19)/b10-3+. The molecule has 3 N–H and O–H groups in total. The van der Waals surface area contributed by atoms with Crippen molar-refractivity contribution < 1.29 is 8.42 Å². The molecule has 23 heavy (non-hydrogen) atoms. The lowest BCUT2D eigenvalue weighted by Crippen LogP contribution is -2.19. The Labute approximate surface area is 145 Å². The van der Waals surface area contributed by atoms with E-state index in [4.69, 9.17) is 17.3 Å². The third-order valence-corrected chi connectivity index (χ3v) is 5.39. The first-order valence-corrected chi connectivity index (χ1v) is 10.1. The minimum absolute atomic E-state index is 0.0475. The lowest BCUT2D eigenvalue weighted by Gasteiger charge is -2.18. The molecule has 0 bridgehead atoms. The maximum Gasteiger partial charge on any atom is 0.193 e. The van der Waals surface area contributed by atoms with E-state index in [2.05, 4.69) is 10.3 Å².